The van der Waals surface area contributed by atoms with Crippen molar-refractivity contribution in [1.82, 2.24) is 5.32 Å². The molecular formula is C12H24N2O2. The number of amides is 1. The number of hydrogen-bond donors (Lipinski definition) is 3. The minimum Gasteiger partial charge on any atom is -0.391 e. The zero-order valence-electron chi connectivity index (χ0n) is 10.5. The normalized spacial score (nSPS) is 21.6. The summed E-state index contributed by atoms with van der Waals surface area (Å²) in [4.78, 5) is 11.8. The average Bonchev–Trinajstić information content (AvgIpc) is 2.95. The standard InChI is InChI=1S/C12H24N2O2/c1-8(2)6-10(15)7-14-11(16)12(3,13)9-4-5-9/h8-10,15H,4-7,13H2,1-3H3,(H,14,16). The van der Waals surface area contributed by atoms with Crippen molar-refractivity contribution in [1.29, 1.82) is 0 Å². The SMILES string of the molecule is CC(C)CC(O)CNC(=O)C(C)(N)C1CC1. The number of rotatable bonds is 6. The smallest absolute Gasteiger partial charge is 0.240 e. The second kappa shape index (κ2) is 5.15. The Morgan fingerprint density at radius 2 is 2.12 bits per heavy atom. The fourth-order valence-electron chi connectivity index (χ4n) is 1.90. The van der Waals surface area contributed by atoms with Crippen molar-refractivity contribution >= 4 is 5.91 Å². The molecule has 1 saturated carbocycles. The lowest BCUT2D eigenvalue weighted by Gasteiger charge is -2.24. The highest BCUT2D eigenvalue weighted by atomic mass is 16.3. The number of aliphatic hydroxyl groups excluding tert-OH is 1. The van der Waals surface area contributed by atoms with Gasteiger partial charge in [-0.2, -0.15) is 0 Å². The van der Waals surface area contributed by atoms with Crippen molar-refractivity contribution in [2.75, 3.05) is 6.54 Å². The Labute approximate surface area is 97.6 Å². The molecule has 0 bridgehead atoms. The molecule has 0 radical (unpaired) electrons. The van der Waals surface area contributed by atoms with Gasteiger partial charge in [0.2, 0.25) is 5.91 Å². The molecule has 1 amide bonds. The topological polar surface area (TPSA) is 75.3 Å². The minimum absolute atomic E-state index is 0.141. The molecule has 94 valence electrons. The molecule has 0 aromatic carbocycles. The summed E-state index contributed by atoms with van der Waals surface area (Å²) in [5.74, 6) is 0.604. The lowest BCUT2D eigenvalue weighted by molar-refractivity contribution is -0.127. The van der Waals surface area contributed by atoms with E-state index in [4.69, 9.17) is 5.73 Å². The molecule has 16 heavy (non-hydrogen) atoms. The van der Waals surface area contributed by atoms with Crippen LogP contribution >= 0.6 is 0 Å². The molecular weight excluding hydrogens is 204 g/mol. The predicted octanol–water partition coefficient (Wildman–Crippen LogP) is 0.637. The van der Waals surface area contributed by atoms with Gasteiger partial charge in [0.25, 0.3) is 0 Å². The molecule has 0 aliphatic heterocycles. The molecule has 0 aromatic rings. The zero-order chi connectivity index (χ0) is 12.3. The minimum atomic E-state index is -0.766. The van der Waals surface area contributed by atoms with E-state index in [2.05, 4.69) is 5.32 Å². The summed E-state index contributed by atoms with van der Waals surface area (Å²) in [6.45, 7) is 6.16. The number of carbonyl (C=O) groups excluding carboxylic acids is 1. The van der Waals surface area contributed by atoms with Crippen LogP contribution in [-0.4, -0.2) is 29.2 Å². The number of hydrogen-bond acceptors (Lipinski definition) is 3. The van der Waals surface area contributed by atoms with Gasteiger partial charge in [0.1, 0.15) is 0 Å². The van der Waals surface area contributed by atoms with E-state index in [-0.39, 0.29) is 5.91 Å². The van der Waals surface area contributed by atoms with Crippen LogP contribution in [0.4, 0.5) is 0 Å². The molecule has 0 spiro atoms. The van der Waals surface area contributed by atoms with Crippen molar-refractivity contribution in [2.24, 2.45) is 17.6 Å². The van der Waals surface area contributed by atoms with Crippen LogP contribution in [0.5, 0.6) is 0 Å². The Morgan fingerprint density at radius 3 is 2.56 bits per heavy atom. The van der Waals surface area contributed by atoms with E-state index in [1.165, 1.54) is 0 Å². The molecule has 0 aromatic heterocycles. The zero-order valence-corrected chi connectivity index (χ0v) is 10.5. The largest absolute Gasteiger partial charge is 0.391 e. The molecule has 0 heterocycles. The van der Waals surface area contributed by atoms with E-state index >= 15 is 0 Å². The van der Waals surface area contributed by atoms with Crippen molar-refractivity contribution < 1.29 is 9.90 Å². The summed E-state index contributed by atoms with van der Waals surface area (Å²) < 4.78 is 0. The van der Waals surface area contributed by atoms with Crippen LogP contribution in [0.3, 0.4) is 0 Å². The second-order valence-corrected chi connectivity index (χ2v) is 5.55. The van der Waals surface area contributed by atoms with Crippen molar-refractivity contribution in [3.05, 3.63) is 0 Å². The van der Waals surface area contributed by atoms with Gasteiger partial charge in [-0.1, -0.05) is 13.8 Å². The van der Waals surface area contributed by atoms with E-state index in [9.17, 15) is 9.90 Å². The molecule has 0 saturated heterocycles. The Morgan fingerprint density at radius 1 is 1.56 bits per heavy atom. The first-order valence-electron chi connectivity index (χ1n) is 6.09. The molecule has 4 nitrogen and oxygen atoms in total. The van der Waals surface area contributed by atoms with Gasteiger partial charge >= 0.3 is 0 Å². The fourth-order valence-corrected chi connectivity index (χ4v) is 1.90. The fraction of sp³-hybridized carbons (Fsp3) is 0.917. The summed E-state index contributed by atoms with van der Waals surface area (Å²) >= 11 is 0. The van der Waals surface area contributed by atoms with E-state index in [1.807, 2.05) is 13.8 Å². The summed E-state index contributed by atoms with van der Waals surface area (Å²) in [7, 11) is 0. The van der Waals surface area contributed by atoms with E-state index in [0.717, 1.165) is 12.8 Å². The second-order valence-electron chi connectivity index (χ2n) is 5.55. The lowest BCUT2D eigenvalue weighted by atomic mass is 9.96. The van der Waals surface area contributed by atoms with Gasteiger partial charge in [0.15, 0.2) is 0 Å². The number of nitrogens with two attached hydrogens (primary N) is 1. The van der Waals surface area contributed by atoms with Gasteiger partial charge in [-0.3, -0.25) is 4.79 Å². The third-order valence-electron chi connectivity index (χ3n) is 3.16. The highest BCUT2D eigenvalue weighted by Crippen LogP contribution is 2.38. The molecule has 1 fully saturated rings. The van der Waals surface area contributed by atoms with Crippen LogP contribution in [0.2, 0.25) is 0 Å². The number of nitrogens with one attached hydrogen (secondary N) is 1. The summed E-state index contributed by atoms with van der Waals surface area (Å²) in [5.41, 5.74) is 5.19. The van der Waals surface area contributed by atoms with Gasteiger partial charge < -0.3 is 16.2 Å². The lowest BCUT2D eigenvalue weighted by Crippen LogP contribution is -2.54. The van der Waals surface area contributed by atoms with Crippen molar-refractivity contribution in [3.63, 3.8) is 0 Å². The highest BCUT2D eigenvalue weighted by Gasteiger charge is 2.43. The first-order valence-corrected chi connectivity index (χ1v) is 6.09. The molecule has 1 aliphatic rings. The Hall–Kier alpha value is -0.610. The molecule has 1 rings (SSSR count). The average molecular weight is 228 g/mol. The van der Waals surface area contributed by atoms with Gasteiger partial charge in [-0.15, -0.1) is 0 Å². The molecule has 4 heteroatoms. The van der Waals surface area contributed by atoms with E-state index in [1.54, 1.807) is 6.92 Å². The molecule has 2 atom stereocenters. The Bertz CT molecular complexity index is 247. The van der Waals surface area contributed by atoms with Crippen LogP contribution in [-0.2, 0) is 4.79 Å². The maximum Gasteiger partial charge on any atom is 0.240 e. The summed E-state index contributed by atoms with van der Waals surface area (Å²) in [5, 5.41) is 12.4. The highest BCUT2D eigenvalue weighted by molar-refractivity contribution is 5.86. The number of aliphatic hydroxyl groups is 1. The molecule has 1 aliphatic carbocycles. The van der Waals surface area contributed by atoms with Crippen molar-refractivity contribution in [3.8, 4) is 0 Å². The predicted molar refractivity (Wildman–Crippen MR) is 63.8 cm³/mol. The van der Waals surface area contributed by atoms with E-state index in [0.29, 0.717) is 24.8 Å². The van der Waals surface area contributed by atoms with E-state index < -0.39 is 11.6 Å². The maximum absolute atomic E-state index is 11.8. The van der Waals surface area contributed by atoms with Gasteiger partial charge in [-0.25, -0.2) is 0 Å². The summed E-state index contributed by atoms with van der Waals surface area (Å²) in [6, 6.07) is 0. The summed E-state index contributed by atoms with van der Waals surface area (Å²) in [6.07, 6.45) is 2.30. The first kappa shape index (κ1) is 13.5. The Balaban J connectivity index is 2.29. The van der Waals surface area contributed by atoms with Crippen LogP contribution in [0.25, 0.3) is 0 Å². The van der Waals surface area contributed by atoms with Crippen LogP contribution in [0.15, 0.2) is 0 Å². The van der Waals surface area contributed by atoms with Crippen LogP contribution in [0, 0.1) is 11.8 Å². The van der Waals surface area contributed by atoms with Crippen LogP contribution < -0.4 is 11.1 Å². The number of carbonyl (C=O) groups is 1. The third kappa shape index (κ3) is 3.76. The van der Waals surface area contributed by atoms with Crippen LogP contribution in [0.1, 0.15) is 40.0 Å². The first-order chi connectivity index (χ1) is 7.34. The molecule has 2 unspecified atom stereocenters. The maximum atomic E-state index is 11.8. The van der Waals surface area contributed by atoms with Gasteiger partial charge in [-0.05, 0) is 38.0 Å². The Kier molecular flexibility index (Phi) is 4.33. The third-order valence-corrected chi connectivity index (χ3v) is 3.16. The quantitative estimate of drug-likeness (QED) is 0.624. The van der Waals surface area contributed by atoms with Gasteiger partial charge in [0, 0.05) is 6.54 Å². The van der Waals surface area contributed by atoms with Gasteiger partial charge in [0.05, 0.1) is 11.6 Å². The van der Waals surface area contributed by atoms with Crippen molar-refractivity contribution in [2.45, 2.75) is 51.7 Å². The monoisotopic (exact) mass is 228 g/mol. The molecule has 4 N–H and O–H groups in total.